The predicted octanol–water partition coefficient (Wildman–Crippen LogP) is 2.99. The van der Waals surface area contributed by atoms with E-state index in [2.05, 4.69) is 22.1 Å². The van der Waals surface area contributed by atoms with Crippen molar-refractivity contribution in [1.82, 2.24) is 19.9 Å². The quantitative estimate of drug-likeness (QED) is 0.830. The summed E-state index contributed by atoms with van der Waals surface area (Å²) in [5.74, 6) is 1.56. The van der Waals surface area contributed by atoms with Gasteiger partial charge in [-0.2, -0.15) is 4.98 Å². The van der Waals surface area contributed by atoms with Crippen LogP contribution in [0.5, 0.6) is 0 Å². The first-order chi connectivity index (χ1) is 12.5. The maximum absolute atomic E-state index is 12.8. The van der Waals surface area contributed by atoms with Gasteiger partial charge in [0.25, 0.3) is 5.91 Å². The molecule has 1 aromatic carbocycles. The van der Waals surface area contributed by atoms with Gasteiger partial charge in [-0.25, -0.2) is 0 Å². The average Bonchev–Trinajstić information content (AvgIpc) is 3.18. The molecule has 26 heavy (non-hydrogen) atoms. The van der Waals surface area contributed by atoms with Gasteiger partial charge in [-0.05, 0) is 50.8 Å². The van der Waals surface area contributed by atoms with Crippen LogP contribution in [0.2, 0.25) is 0 Å². The minimum Gasteiger partial charge on any atom is -0.340 e. The zero-order valence-electron chi connectivity index (χ0n) is 15.7. The molecule has 3 heterocycles. The predicted molar refractivity (Wildman–Crippen MR) is 97.8 cm³/mol. The van der Waals surface area contributed by atoms with E-state index < -0.39 is 0 Å². The van der Waals surface area contributed by atoms with Gasteiger partial charge < -0.3 is 9.42 Å². The molecule has 1 unspecified atom stereocenters. The van der Waals surface area contributed by atoms with Gasteiger partial charge in [-0.3, -0.25) is 9.69 Å². The molecular weight excluding hydrogens is 328 g/mol. The van der Waals surface area contributed by atoms with E-state index in [9.17, 15) is 4.79 Å². The van der Waals surface area contributed by atoms with E-state index in [0.717, 1.165) is 55.8 Å². The number of likely N-dealkylation sites (tertiary alicyclic amines) is 2. The maximum atomic E-state index is 12.8. The number of piperidine rings is 1. The number of carbonyl (C=O) groups is 1. The number of hydrogen-bond donors (Lipinski definition) is 0. The molecule has 0 N–H and O–H groups in total. The second kappa shape index (κ2) is 6.50. The normalized spacial score (nSPS) is 22.9. The molecule has 6 nitrogen and oxygen atoms in total. The number of amides is 1. The van der Waals surface area contributed by atoms with Gasteiger partial charge in [0, 0.05) is 32.1 Å². The Morgan fingerprint density at radius 2 is 2.04 bits per heavy atom. The highest BCUT2D eigenvalue weighted by molar-refractivity contribution is 5.94. The van der Waals surface area contributed by atoms with Crippen LogP contribution in [0, 0.1) is 19.3 Å². The maximum Gasteiger partial charge on any atom is 0.253 e. The van der Waals surface area contributed by atoms with Crippen molar-refractivity contribution < 1.29 is 9.32 Å². The summed E-state index contributed by atoms with van der Waals surface area (Å²) in [6, 6.07) is 8.09. The van der Waals surface area contributed by atoms with Gasteiger partial charge in [-0.1, -0.05) is 22.9 Å². The van der Waals surface area contributed by atoms with E-state index >= 15 is 0 Å². The van der Waals surface area contributed by atoms with Crippen molar-refractivity contribution in [3.63, 3.8) is 0 Å². The first-order valence-electron chi connectivity index (χ1n) is 9.32. The molecule has 1 spiro atoms. The van der Waals surface area contributed by atoms with Gasteiger partial charge in [-0.15, -0.1) is 0 Å². The zero-order chi connectivity index (χ0) is 18.3. The summed E-state index contributed by atoms with van der Waals surface area (Å²) in [4.78, 5) is 21.6. The lowest BCUT2D eigenvalue weighted by molar-refractivity contribution is 0.0593. The van der Waals surface area contributed by atoms with Gasteiger partial charge in [0.2, 0.25) is 5.89 Å². The Morgan fingerprint density at radius 1 is 1.27 bits per heavy atom. The summed E-state index contributed by atoms with van der Waals surface area (Å²) in [5, 5.41) is 4.12. The first-order valence-corrected chi connectivity index (χ1v) is 9.32. The van der Waals surface area contributed by atoms with Gasteiger partial charge in [0.05, 0.1) is 6.04 Å². The Kier molecular flexibility index (Phi) is 4.31. The van der Waals surface area contributed by atoms with Crippen LogP contribution < -0.4 is 0 Å². The topological polar surface area (TPSA) is 62.5 Å². The average molecular weight is 354 g/mol. The zero-order valence-corrected chi connectivity index (χ0v) is 15.7. The number of hydrogen-bond acceptors (Lipinski definition) is 5. The number of benzene rings is 1. The van der Waals surface area contributed by atoms with Crippen LogP contribution in [0.4, 0.5) is 0 Å². The molecule has 4 rings (SSSR count). The van der Waals surface area contributed by atoms with Crippen LogP contribution >= 0.6 is 0 Å². The summed E-state index contributed by atoms with van der Waals surface area (Å²) in [6.45, 7) is 6.52. The molecule has 0 bridgehead atoms. The minimum absolute atomic E-state index is 0.153. The van der Waals surface area contributed by atoms with Crippen molar-refractivity contribution in [2.45, 2.75) is 39.2 Å². The molecule has 2 aliphatic rings. The summed E-state index contributed by atoms with van der Waals surface area (Å²) < 4.78 is 5.17. The second-order valence-corrected chi connectivity index (χ2v) is 7.97. The SMILES string of the molecule is Cc1cccc(C(=O)N2CCC3(CC2)CC(c2noc(C)n2)N(C)C3)c1. The lowest BCUT2D eigenvalue weighted by Gasteiger charge is -2.39. The summed E-state index contributed by atoms with van der Waals surface area (Å²) in [5.41, 5.74) is 2.17. The summed E-state index contributed by atoms with van der Waals surface area (Å²) in [6.07, 6.45) is 3.10. The number of carbonyl (C=O) groups excluding carboxylic acids is 1. The second-order valence-electron chi connectivity index (χ2n) is 7.97. The van der Waals surface area contributed by atoms with Crippen molar-refractivity contribution in [2.75, 3.05) is 26.7 Å². The van der Waals surface area contributed by atoms with Crippen LogP contribution in [0.3, 0.4) is 0 Å². The smallest absolute Gasteiger partial charge is 0.253 e. The molecule has 1 atom stereocenters. The Morgan fingerprint density at radius 3 is 2.69 bits per heavy atom. The van der Waals surface area contributed by atoms with Gasteiger partial charge in [0.15, 0.2) is 5.82 Å². The van der Waals surface area contributed by atoms with Crippen molar-refractivity contribution in [3.05, 3.63) is 47.1 Å². The van der Waals surface area contributed by atoms with E-state index in [1.807, 2.05) is 43.0 Å². The molecule has 0 radical (unpaired) electrons. The monoisotopic (exact) mass is 354 g/mol. The molecule has 2 saturated heterocycles. The van der Waals surface area contributed by atoms with Crippen molar-refractivity contribution in [2.24, 2.45) is 5.41 Å². The van der Waals surface area contributed by atoms with Gasteiger partial charge >= 0.3 is 0 Å². The summed E-state index contributed by atoms with van der Waals surface area (Å²) >= 11 is 0. The lowest BCUT2D eigenvalue weighted by atomic mass is 9.76. The Hall–Kier alpha value is -2.21. The minimum atomic E-state index is 0.153. The number of nitrogens with zero attached hydrogens (tertiary/aromatic N) is 4. The fraction of sp³-hybridized carbons (Fsp3) is 0.550. The molecule has 6 heteroatoms. The van der Waals surface area contributed by atoms with Crippen LogP contribution in [0.15, 0.2) is 28.8 Å². The first kappa shape index (κ1) is 17.2. The van der Waals surface area contributed by atoms with Gasteiger partial charge in [0.1, 0.15) is 0 Å². The Bertz CT molecular complexity index is 808. The Balaban J connectivity index is 1.42. The molecule has 1 amide bonds. The van der Waals surface area contributed by atoms with Crippen LogP contribution in [-0.2, 0) is 0 Å². The molecule has 2 aromatic rings. The molecule has 0 aliphatic carbocycles. The van der Waals surface area contributed by atoms with Crippen LogP contribution in [-0.4, -0.2) is 52.5 Å². The molecule has 2 fully saturated rings. The van der Waals surface area contributed by atoms with E-state index in [-0.39, 0.29) is 17.4 Å². The van der Waals surface area contributed by atoms with Crippen molar-refractivity contribution in [3.8, 4) is 0 Å². The third kappa shape index (κ3) is 3.14. The molecule has 0 saturated carbocycles. The fourth-order valence-electron chi connectivity index (χ4n) is 4.52. The molecule has 138 valence electrons. The van der Waals surface area contributed by atoms with Crippen LogP contribution in [0.1, 0.15) is 52.9 Å². The van der Waals surface area contributed by atoms with Crippen molar-refractivity contribution >= 4 is 5.91 Å². The van der Waals surface area contributed by atoms with E-state index in [1.165, 1.54) is 0 Å². The van der Waals surface area contributed by atoms with E-state index in [4.69, 9.17) is 4.52 Å². The number of aromatic nitrogens is 2. The standard InChI is InChI=1S/C20H26N4O2/c1-14-5-4-6-16(11-14)19(25)24-9-7-20(8-10-24)12-17(23(3)13-20)18-21-15(2)26-22-18/h4-6,11,17H,7-10,12-13H2,1-3H3. The highest BCUT2D eigenvalue weighted by atomic mass is 16.5. The molecule has 1 aromatic heterocycles. The number of aryl methyl sites for hydroxylation is 2. The van der Waals surface area contributed by atoms with E-state index in [0.29, 0.717) is 5.89 Å². The largest absolute Gasteiger partial charge is 0.340 e. The molecular formula is C20H26N4O2. The molecule has 2 aliphatic heterocycles. The summed E-state index contributed by atoms with van der Waals surface area (Å²) in [7, 11) is 2.13. The number of rotatable bonds is 2. The highest BCUT2D eigenvalue weighted by Gasteiger charge is 2.46. The fourth-order valence-corrected chi connectivity index (χ4v) is 4.52. The lowest BCUT2D eigenvalue weighted by Crippen LogP contribution is -2.44. The van der Waals surface area contributed by atoms with E-state index in [1.54, 1.807) is 0 Å². The van der Waals surface area contributed by atoms with Crippen LogP contribution in [0.25, 0.3) is 0 Å². The van der Waals surface area contributed by atoms with Crippen molar-refractivity contribution in [1.29, 1.82) is 0 Å². The Labute approximate surface area is 154 Å². The third-order valence-corrected chi connectivity index (χ3v) is 5.96. The highest BCUT2D eigenvalue weighted by Crippen LogP contribution is 2.47. The third-order valence-electron chi connectivity index (χ3n) is 5.96.